The highest BCUT2D eigenvalue weighted by atomic mass is 19.1. The Balaban J connectivity index is 1.90. The maximum atomic E-state index is 13.7. The van der Waals surface area contributed by atoms with Crippen LogP contribution in [-0.4, -0.2) is 18.6 Å². The summed E-state index contributed by atoms with van der Waals surface area (Å²) in [5.41, 5.74) is 6.83. The van der Waals surface area contributed by atoms with E-state index in [1.165, 1.54) is 6.07 Å². The molecule has 2 N–H and O–H groups in total. The molecular formula is C13H17FN2. The van der Waals surface area contributed by atoms with E-state index in [-0.39, 0.29) is 5.82 Å². The highest BCUT2D eigenvalue weighted by Gasteiger charge is 2.39. The summed E-state index contributed by atoms with van der Waals surface area (Å²) in [5, 5.41) is 0. The predicted molar refractivity (Wildman–Crippen MR) is 62.9 cm³/mol. The number of halogens is 1. The van der Waals surface area contributed by atoms with E-state index in [0.717, 1.165) is 31.5 Å². The molecule has 0 aromatic heterocycles. The fourth-order valence-corrected chi connectivity index (χ4v) is 3.14. The second-order valence-electron chi connectivity index (χ2n) is 4.99. The molecule has 16 heavy (non-hydrogen) atoms. The van der Waals surface area contributed by atoms with Gasteiger partial charge in [0.25, 0.3) is 0 Å². The maximum Gasteiger partial charge on any atom is 0.146 e. The van der Waals surface area contributed by atoms with Crippen molar-refractivity contribution >= 4 is 5.69 Å². The van der Waals surface area contributed by atoms with Crippen molar-refractivity contribution in [3.05, 3.63) is 30.1 Å². The summed E-state index contributed by atoms with van der Waals surface area (Å²) in [6.45, 7) is 0.923. The van der Waals surface area contributed by atoms with Crippen LogP contribution >= 0.6 is 0 Å². The first kappa shape index (κ1) is 10.1. The van der Waals surface area contributed by atoms with Gasteiger partial charge >= 0.3 is 0 Å². The number of nitrogens with zero attached hydrogens (tertiary/aromatic N) is 1. The summed E-state index contributed by atoms with van der Waals surface area (Å²) in [6, 6.07) is 7.88. The Bertz CT molecular complexity index is 393. The zero-order valence-corrected chi connectivity index (χ0v) is 9.27. The monoisotopic (exact) mass is 220 g/mol. The SMILES string of the molecule is NC1CCC2CC1CN2c1ccccc1F. The Morgan fingerprint density at radius 2 is 2.06 bits per heavy atom. The number of nitrogens with two attached hydrogens (primary N) is 1. The van der Waals surface area contributed by atoms with Crippen molar-refractivity contribution in [3.63, 3.8) is 0 Å². The standard InChI is InChI=1S/C13H17FN2/c14-11-3-1-2-4-13(11)16-8-9-7-10(16)5-6-12(9)15/h1-4,9-10,12H,5-8,15H2. The number of benzene rings is 1. The van der Waals surface area contributed by atoms with Gasteiger partial charge in [0.1, 0.15) is 5.82 Å². The smallest absolute Gasteiger partial charge is 0.146 e. The summed E-state index contributed by atoms with van der Waals surface area (Å²) in [4.78, 5) is 2.22. The van der Waals surface area contributed by atoms with Crippen LogP contribution in [0.1, 0.15) is 19.3 Å². The van der Waals surface area contributed by atoms with Crippen LogP contribution in [0.5, 0.6) is 0 Å². The average molecular weight is 220 g/mol. The Hall–Kier alpha value is -1.09. The van der Waals surface area contributed by atoms with Gasteiger partial charge in [-0.05, 0) is 37.3 Å². The first-order chi connectivity index (χ1) is 7.75. The maximum absolute atomic E-state index is 13.7. The Morgan fingerprint density at radius 1 is 1.25 bits per heavy atom. The minimum atomic E-state index is -0.108. The van der Waals surface area contributed by atoms with E-state index < -0.39 is 0 Å². The van der Waals surface area contributed by atoms with E-state index in [1.807, 2.05) is 12.1 Å². The first-order valence-electron chi connectivity index (χ1n) is 6.02. The highest BCUT2D eigenvalue weighted by Crippen LogP contribution is 2.38. The van der Waals surface area contributed by atoms with Gasteiger partial charge in [-0.1, -0.05) is 12.1 Å². The van der Waals surface area contributed by atoms with Gasteiger partial charge in [0.2, 0.25) is 0 Å². The van der Waals surface area contributed by atoms with Crippen LogP contribution in [0.3, 0.4) is 0 Å². The Kier molecular flexibility index (Phi) is 2.36. The number of fused-ring (bicyclic) bond motifs is 2. The first-order valence-corrected chi connectivity index (χ1v) is 6.02. The van der Waals surface area contributed by atoms with Crippen LogP contribution in [0.25, 0.3) is 0 Å². The van der Waals surface area contributed by atoms with Crippen molar-refractivity contribution in [2.45, 2.75) is 31.3 Å². The van der Waals surface area contributed by atoms with Gasteiger partial charge in [0.05, 0.1) is 5.69 Å². The molecular weight excluding hydrogens is 203 g/mol. The quantitative estimate of drug-likeness (QED) is 0.785. The minimum absolute atomic E-state index is 0.108. The van der Waals surface area contributed by atoms with Gasteiger partial charge in [-0.15, -0.1) is 0 Å². The molecule has 1 aliphatic heterocycles. The molecule has 3 heteroatoms. The van der Waals surface area contributed by atoms with E-state index in [0.29, 0.717) is 18.0 Å². The van der Waals surface area contributed by atoms with Gasteiger partial charge in [0, 0.05) is 18.6 Å². The van der Waals surface area contributed by atoms with Gasteiger partial charge in [0.15, 0.2) is 0 Å². The zero-order chi connectivity index (χ0) is 11.1. The number of hydrogen-bond acceptors (Lipinski definition) is 2. The van der Waals surface area contributed by atoms with Crippen LogP contribution in [0.4, 0.5) is 10.1 Å². The second-order valence-corrected chi connectivity index (χ2v) is 4.99. The molecule has 3 atom stereocenters. The molecule has 0 radical (unpaired) electrons. The van der Waals surface area contributed by atoms with Crippen molar-refractivity contribution < 1.29 is 4.39 Å². The van der Waals surface area contributed by atoms with Crippen molar-refractivity contribution in [2.24, 2.45) is 11.7 Å². The van der Waals surface area contributed by atoms with Gasteiger partial charge in [-0.2, -0.15) is 0 Å². The average Bonchev–Trinajstić information content (AvgIpc) is 2.64. The van der Waals surface area contributed by atoms with E-state index in [1.54, 1.807) is 6.07 Å². The fourth-order valence-electron chi connectivity index (χ4n) is 3.14. The van der Waals surface area contributed by atoms with E-state index >= 15 is 0 Å². The number of anilines is 1. The van der Waals surface area contributed by atoms with Crippen molar-refractivity contribution in [3.8, 4) is 0 Å². The molecule has 2 aliphatic rings. The van der Waals surface area contributed by atoms with Crippen molar-refractivity contribution in [2.75, 3.05) is 11.4 Å². The molecule has 1 saturated carbocycles. The minimum Gasteiger partial charge on any atom is -0.366 e. The molecule has 3 rings (SSSR count). The van der Waals surface area contributed by atoms with Crippen molar-refractivity contribution in [1.82, 2.24) is 0 Å². The predicted octanol–water partition coefficient (Wildman–Crippen LogP) is 2.14. The highest BCUT2D eigenvalue weighted by molar-refractivity contribution is 5.50. The molecule has 1 aromatic rings. The molecule has 1 aromatic carbocycles. The molecule has 1 saturated heterocycles. The summed E-state index contributed by atoms with van der Waals surface area (Å²) in [7, 11) is 0. The number of hydrogen-bond donors (Lipinski definition) is 1. The molecule has 2 fully saturated rings. The Labute approximate surface area is 95.2 Å². The topological polar surface area (TPSA) is 29.3 Å². The molecule has 86 valence electrons. The lowest BCUT2D eigenvalue weighted by Crippen LogP contribution is -2.33. The van der Waals surface area contributed by atoms with Crippen LogP contribution in [-0.2, 0) is 0 Å². The van der Waals surface area contributed by atoms with Gasteiger partial charge < -0.3 is 10.6 Å². The lowest BCUT2D eigenvalue weighted by Gasteiger charge is -2.27. The lowest BCUT2D eigenvalue weighted by atomic mass is 9.86. The molecule has 1 aliphatic carbocycles. The lowest BCUT2D eigenvalue weighted by molar-refractivity contribution is 0.358. The van der Waals surface area contributed by atoms with E-state index in [2.05, 4.69) is 4.90 Å². The largest absolute Gasteiger partial charge is 0.366 e. The molecule has 1 heterocycles. The Morgan fingerprint density at radius 3 is 2.81 bits per heavy atom. The normalized spacial score (nSPS) is 33.1. The molecule has 0 spiro atoms. The zero-order valence-electron chi connectivity index (χ0n) is 9.27. The van der Waals surface area contributed by atoms with Crippen LogP contribution in [0.15, 0.2) is 24.3 Å². The summed E-state index contributed by atoms with van der Waals surface area (Å²) in [5.74, 6) is 0.446. The molecule has 3 unspecified atom stereocenters. The van der Waals surface area contributed by atoms with Gasteiger partial charge in [-0.3, -0.25) is 0 Å². The number of rotatable bonds is 1. The summed E-state index contributed by atoms with van der Waals surface area (Å²) in [6.07, 6.45) is 3.32. The van der Waals surface area contributed by atoms with Crippen molar-refractivity contribution in [1.29, 1.82) is 0 Å². The second kappa shape index (κ2) is 3.74. The third kappa shape index (κ3) is 1.50. The molecule has 2 bridgehead atoms. The summed E-state index contributed by atoms with van der Waals surface area (Å²) >= 11 is 0. The fraction of sp³-hybridized carbons (Fsp3) is 0.538. The van der Waals surface area contributed by atoms with Gasteiger partial charge in [-0.25, -0.2) is 4.39 Å². The molecule has 2 nitrogen and oxygen atoms in total. The van der Waals surface area contributed by atoms with Crippen LogP contribution in [0.2, 0.25) is 0 Å². The summed E-state index contributed by atoms with van der Waals surface area (Å²) < 4.78 is 13.7. The van der Waals surface area contributed by atoms with Crippen LogP contribution in [0, 0.1) is 11.7 Å². The van der Waals surface area contributed by atoms with E-state index in [9.17, 15) is 4.39 Å². The van der Waals surface area contributed by atoms with E-state index in [4.69, 9.17) is 5.73 Å². The van der Waals surface area contributed by atoms with Crippen LogP contribution < -0.4 is 10.6 Å². The number of para-hydroxylation sites is 1. The third-order valence-electron chi connectivity index (χ3n) is 4.05. The molecule has 0 amide bonds. The third-order valence-corrected chi connectivity index (χ3v) is 4.05.